The van der Waals surface area contributed by atoms with E-state index in [2.05, 4.69) is 42.3 Å². The lowest BCUT2D eigenvalue weighted by atomic mass is 9.83. The van der Waals surface area contributed by atoms with Crippen LogP contribution in [0.1, 0.15) is 73.5 Å². The van der Waals surface area contributed by atoms with E-state index in [0.29, 0.717) is 0 Å². The third-order valence-corrected chi connectivity index (χ3v) is 6.61. The lowest BCUT2D eigenvalue weighted by Gasteiger charge is -2.41. The molecule has 2 aliphatic heterocycles. The third kappa shape index (κ3) is 4.32. The van der Waals surface area contributed by atoms with Crippen LogP contribution in [-0.2, 0) is 6.54 Å². The zero-order chi connectivity index (χ0) is 20.3. The van der Waals surface area contributed by atoms with Crippen molar-refractivity contribution in [2.24, 2.45) is 0 Å². The zero-order valence-electron chi connectivity index (χ0n) is 17.6. The molecule has 0 aromatic heterocycles. The van der Waals surface area contributed by atoms with Crippen LogP contribution in [0.3, 0.4) is 0 Å². The van der Waals surface area contributed by atoms with E-state index in [9.17, 15) is 4.79 Å². The van der Waals surface area contributed by atoms with Crippen LogP contribution in [0.5, 0.6) is 5.75 Å². The minimum Gasteiger partial charge on any atom is -0.487 e. The molecule has 0 aliphatic carbocycles. The van der Waals surface area contributed by atoms with E-state index < -0.39 is 0 Å². The molecule has 1 saturated heterocycles. The summed E-state index contributed by atoms with van der Waals surface area (Å²) in [4.78, 5) is 15.5. The molecule has 1 N–H and O–H groups in total. The molecule has 4 rings (SSSR count). The minimum absolute atomic E-state index is 0.0134. The quantitative estimate of drug-likeness (QED) is 0.744. The maximum Gasteiger partial charge on any atom is 0.251 e. The molecule has 1 fully saturated rings. The van der Waals surface area contributed by atoms with Crippen LogP contribution >= 0.6 is 0 Å². The number of likely N-dealkylation sites (tertiary alicyclic amines) is 1. The molecule has 0 spiro atoms. The molecule has 2 aliphatic rings. The molecule has 2 aromatic carbocycles. The first kappa shape index (κ1) is 20.0. The zero-order valence-corrected chi connectivity index (χ0v) is 17.6. The van der Waals surface area contributed by atoms with Gasteiger partial charge in [-0.1, -0.05) is 44.2 Å². The molecule has 4 nitrogen and oxygen atoms in total. The Morgan fingerprint density at radius 2 is 1.76 bits per heavy atom. The van der Waals surface area contributed by atoms with Gasteiger partial charge in [-0.3, -0.25) is 9.69 Å². The van der Waals surface area contributed by atoms with Gasteiger partial charge < -0.3 is 10.1 Å². The number of ether oxygens (including phenoxy) is 1. The molecule has 0 bridgehead atoms. The number of benzene rings is 2. The van der Waals surface area contributed by atoms with E-state index in [4.69, 9.17) is 4.74 Å². The highest BCUT2D eigenvalue weighted by Gasteiger charge is 2.39. The second-order valence-electron chi connectivity index (χ2n) is 8.44. The van der Waals surface area contributed by atoms with E-state index in [1.54, 1.807) is 0 Å². The molecule has 0 radical (unpaired) electrons. The van der Waals surface area contributed by atoms with Gasteiger partial charge >= 0.3 is 0 Å². The van der Waals surface area contributed by atoms with Crippen LogP contribution in [0.2, 0.25) is 0 Å². The van der Waals surface area contributed by atoms with Crippen molar-refractivity contribution in [1.29, 1.82) is 0 Å². The Kier molecular flexibility index (Phi) is 5.91. The molecule has 154 valence electrons. The fourth-order valence-electron chi connectivity index (χ4n) is 4.63. The lowest BCUT2D eigenvalue weighted by molar-refractivity contribution is 0.0227. The van der Waals surface area contributed by atoms with Crippen LogP contribution < -0.4 is 10.1 Å². The van der Waals surface area contributed by atoms with Gasteiger partial charge in [0.25, 0.3) is 5.91 Å². The number of carbonyl (C=O) groups excluding carboxylic acids is 1. The molecule has 1 atom stereocenters. The standard InChI is InChI=1S/C25H32N2O2/c1-3-25(4-2)17-22(21-9-5-6-10-23(21)29-25)26-24(28)20-13-11-19(12-14-20)18-27-15-7-8-16-27/h5-6,9-14,22H,3-4,7-8,15-18H2,1-2H3,(H,26,28)/t22-/m1/s1. The first-order valence-corrected chi connectivity index (χ1v) is 11.0. The summed E-state index contributed by atoms with van der Waals surface area (Å²) >= 11 is 0. The van der Waals surface area contributed by atoms with Gasteiger partial charge in [-0.25, -0.2) is 0 Å². The normalized spacial score (nSPS) is 20.7. The first-order chi connectivity index (χ1) is 14.1. The number of hydrogen-bond donors (Lipinski definition) is 1. The number of fused-ring (bicyclic) bond motifs is 1. The van der Waals surface area contributed by atoms with Crippen molar-refractivity contribution in [3.05, 3.63) is 65.2 Å². The van der Waals surface area contributed by atoms with Crippen LogP contribution in [0, 0.1) is 0 Å². The van der Waals surface area contributed by atoms with E-state index in [1.165, 1.54) is 31.5 Å². The van der Waals surface area contributed by atoms with Crippen molar-refractivity contribution in [2.75, 3.05) is 13.1 Å². The fraction of sp³-hybridized carbons (Fsp3) is 0.480. The molecular weight excluding hydrogens is 360 g/mol. The summed E-state index contributed by atoms with van der Waals surface area (Å²) in [5, 5.41) is 3.28. The van der Waals surface area contributed by atoms with Crippen molar-refractivity contribution in [3.63, 3.8) is 0 Å². The van der Waals surface area contributed by atoms with Gasteiger partial charge in [0, 0.05) is 24.1 Å². The fourth-order valence-corrected chi connectivity index (χ4v) is 4.63. The number of rotatable bonds is 6. The Labute approximate surface area is 174 Å². The summed E-state index contributed by atoms with van der Waals surface area (Å²) in [6.07, 6.45) is 5.24. The van der Waals surface area contributed by atoms with Crippen molar-refractivity contribution >= 4 is 5.91 Å². The van der Waals surface area contributed by atoms with Gasteiger partial charge in [-0.2, -0.15) is 0 Å². The van der Waals surface area contributed by atoms with Gasteiger partial charge in [0.05, 0.1) is 6.04 Å². The maximum atomic E-state index is 13.0. The number of hydrogen-bond acceptors (Lipinski definition) is 3. The highest BCUT2D eigenvalue weighted by atomic mass is 16.5. The first-order valence-electron chi connectivity index (χ1n) is 11.0. The molecule has 29 heavy (non-hydrogen) atoms. The molecule has 0 saturated carbocycles. The predicted octanol–water partition coefficient (Wildman–Crippen LogP) is 5.09. The van der Waals surface area contributed by atoms with E-state index >= 15 is 0 Å². The number of carbonyl (C=O) groups is 1. The summed E-state index contributed by atoms with van der Waals surface area (Å²) in [6.45, 7) is 7.67. The summed E-state index contributed by atoms with van der Waals surface area (Å²) in [7, 11) is 0. The van der Waals surface area contributed by atoms with E-state index in [0.717, 1.165) is 42.7 Å². The van der Waals surface area contributed by atoms with Crippen molar-refractivity contribution in [2.45, 2.75) is 64.1 Å². The van der Waals surface area contributed by atoms with Crippen LogP contribution in [0.15, 0.2) is 48.5 Å². The van der Waals surface area contributed by atoms with Gasteiger partial charge in [-0.15, -0.1) is 0 Å². The lowest BCUT2D eigenvalue weighted by Crippen LogP contribution is -2.44. The molecule has 4 heteroatoms. The van der Waals surface area contributed by atoms with Crippen LogP contribution in [-0.4, -0.2) is 29.5 Å². The second-order valence-corrected chi connectivity index (χ2v) is 8.44. The summed E-state index contributed by atoms with van der Waals surface area (Å²) in [5.41, 5.74) is 2.85. The Hall–Kier alpha value is -2.33. The van der Waals surface area contributed by atoms with E-state index in [1.807, 2.05) is 30.3 Å². The number of amides is 1. The molecular formula is C25H32N2O2. The van der Waals surface area contributed by atoms with Gasteiger partial charge in [-0.05, 0) is 62.5 Å². The largest absolute Gasteiger partial charge is 0.487 e. The second kappa shape index (κ2) is 8.58. The average Bonchev–Trinajstić information content (AvgIpc) is 3.27. The van der Waals surface area contributed by atoms with Crippen molar-refractivity contribution in [3.8, 4) is 5.75 Å². The molecule has 2 heterocycles. The average molecular weight is 393 g/mol. The molecule has 0 unspecified atom stereocenters. The molecule has 2 aromatic rings. The Morgan fingerprint density at radius 3 is 2.45 bits per heavy atom. The topological polar surface area (TPSA) is 41.6 Å². The predicted molar refractivity (Wildman–Crippen MR) is 116 cm³/mol. The number of para-hydroxylation sites is 1. The highest BCUT2D eigenvalue weighted by Crippen LogP contribution is 2.42. The minimum atomic E-state index is -0.216. The molecule has 1 amide bonds. The van der Waals surface area contributed by atoms with Gasteiger partial charge in [0.15, 0.2) is 0 Å². The summed E-state index contributed by atoms with van der Waals surface area (Å²) in [6, 6.07) is 16.2. The van der Waals surface area contributed by atoms with Crippen molar-refractivity contribution < 1.29 is 9.53 Å². The smallest absolute Gasteiger partial charge is 0.251 e. The monoisotopic (exact) mass is 392 g/mol. The van der Waals surface area contributed by atoms with E-state index in [-0.39, 0.29) is 17.6 Å². The highest BCUT2D eigenvalue weighted by molar-refractivity contribution is 5.94. The Bertz CT molecular complexity index is 836. The third-order valence-electron chi connectivity index (χ3n) is 6.61. The SMILES string of the molecule is CCC1(CC)C[C@@H](NC(=O)c2ccc(CN3CCCC3)cc2)c2ccccc2O1. The van der Waals surface area contributed by atoms with Gasteiger partial charge in [0.2, 0.25) is 0 Å². The maximum absolute atomic E-state index is 13.0. The Balaban J connectivity index is 1.48. The van der Waals surface area contributed by atoms with Crippen molar-refractivity contribution in [1.82, 2.24) is 10.2 Å². The number of nitrogens with one attached hydrogen (secondary N) is 1. The summed E-state index contributed by atoms with van der Waals surface area (Å²) < 4.78 is 6.36. The Morgan fingerprint density at radius 1 is 1.07 bits per heavy atom. The number of nitrogens with zero attached hydrogens (tertiary/aromatic N) is 1. The van der Waals surface area contributed by atoms with Crippen LogP contribution in [0.25, 0.3) is 0 Å². The van der Waals surface area contributed by atoms with Crippen LogP contribution in [0.4, 0.5) is 0 Å². The van der Waals surface area contributed by atoms with Gasteiger partial charge in [0.1, 0.15) is 11.4 Å². The summed E-state index contributed by atoms with van der Waals surface area (Å²) in [5.74, 6) is 0.884.